The van der Waals surface area contributed by atoms with Crippen molar-refractivity contribution in [2.45, 2.75) is 38.5 Å². The van der Waals surface area contributed by atoms with E-state index in [-0.39, 0.29) is 35.8 Å². The Morgan fingerprint density at radius 3 is 2.70 bits per heavy atom. The minimum Gasteiger partial charge on any atom is -0.466 e. The van der Waals surface area contributed by atoms with E-state index in [9.17, 15) is 14.0 Å². The molecule has 0 unspecified atom stereocenters. The number of carbonyl (C=O) groups is 2. The Bertz CT molecular complexity index is 481. The Hall–Kier alpha value is -1.71. The third kappa shape index (κ3) is 3.44. The van der Waals surface area contributed by atoms with Crippen LogP contribution in [-0.2, 0) is 14.3 Å². The third-order valence-corrected chi connectivity index (χ3v) is 3.78. The zero-order valence-electron chi connectivity index (χ0n) is 11.6. The molecule has 0 radical (unpaired) electrons. The van der Waals surface area contributed by atoms with Crippen LogP contribution in [0.1, 0.15) is 44.1 Å². The quantitative estimate of drug-likeness (QED) is 0.794. The lowest BCUT2D eigenvalue weighted by Gasteiger charge is -2.30. The summed E-state index contributed by atoms with van der Waals surface area (Å²) >= 11 is 0. The number of esters is 1. The van der Waals surface area contributed by atoms with Gasteiger partial charge < -0.3 is 4.74 Å². The van der Waals surface area contributed by atoms with Crippen LogP contribution >= 0.6 is 0 Å². The second-order valence-electron chi connectivity index (χ2n) is 5.16. The second-order valence-corrected chi connectivity index (χ2v) is 5.16. The van der Waals surface area contributed by atoms with Gasteiger partial charge in [-0.2, -0.15) is 0 Å². The van der Waals surface area contributed by atoms with E-state index in [1.54, 1.807) is 19.1 Å². The van der Waals surface area contributed by atoms with E-state index in [1.807, 2.05) is 0 Å². The van der Waals surface area contributed by atoms with Gasteiger partial charge in [-0.1, -0.05) is 12.1 Å². The molecule has 0 heterocycles. The Kier molecular flexibility index (Phi) is 4.88. The van der Waals surface area contributed by atoms with E-state index in [0.717, 1.165) is 18.4 Å². The first-order valence-electron chi connectivity index (χ1n) is 7.05. The third-order valence-electron chi connectivity index (χ3n) is 3.78. The smallest absolute Gasteiger partial charge is 0.306 e. The molecule has 0 aromatic heterocycles. The van der Waals surface area contributed by atoms with Gasteiger partial charge in [0, 0.05) is 18.8 Å². The van der Waals surface area contributed by atoms with E-state index in [4.69, 9.17) is 4.74 Å². The monoisotopic (exact) mass is 278 g/mol. The summed E-state index contributed by atoms with van der Waals surface area (Å²) in [4.78, 5) is 23.8. The van der Waals surface area contributed by atoms with Crippen LogP contribution in [0.25, 0.3) is 0 Å². The van der Waals surface area contributed by atoms with Crippen LogP contribution in [0, 0.1) is 11.7 Å². The van der Waals surface area contributed by atoms with Crippen molar-refractivity contribution in [1.82, 2.24) is 0 Å². The molecule has 0 bridgehead atoms. The van der Waals surface area contributed by atoms with Gasteiger partial charge in [0.2, 0.25) is 0 Å². The molecule has 20 heavy (non-hydrogen) atoms. The maximum absolute atomic E-state index is 13.0. The molecule has 4 heteroatoms. The number of carbonyl (C=O) groups excluding carboxylic acids is 2. The highest BCUT2D eigenvalue weighted by atomic mass is 19.1. The first kappa shape index (κ1) is 14.7. The van der Waals surface area contributed by atoms with E-state index < -0.39 is 0 Å². The summed E-state index contributed by atoms with van der Waals surface area (Å²) in [6.07, 6.45) is 2.41. The maximum Gasteiger partial charge on any atom is 0.306 e. The summed E-state index contributed by atoms with van der Waals surface area (Å²) in [5.74, 6) is -0.801. The van der Waals surface area contributed by atoms with Gasteiger partial charge in [-0.25, -0.2) is 4.39 Å². The average molecular weight is 278 g/mol. The summed E-state index contributed by atoms with van der Waals surface area (Å²) in [5, 5.41) is 0. The molecule has 0 amide bonds. The van der Waals surface area contributed by atoms with Crippen molar-refractivity contribution in [3.63, 3.8) is 0 Å². The lowest BCUT2D eigenvalue weighted by molar-refractivity contribution is -0.144. The molecule has 1 fully saturated rings. The SMILES string of the molecule is CCOC(=O)C[C@H]1CCCC(=O)[C@@H]1c1ccc(F)cc1. The number of Topliss-reactive ketones (excluding diaryl/α,β-unsaturated/α-hetero) is 1. The first-order chi connectivity index (χ1) is 9.61. The normalized spacial score (nSPS) is 22.6. The van der Waals surface area contributed by atoms with Crippen molar-refractivity contribution in [3.05, 3.63) is 35.6 Å². The molecule has 0 spiro atoms. The van der Waals surface area contributed by atoms with E-state index >= 15 is 0 Å². The van der Waals surface area contributed by atoms with E-state index in [1.165, 1.54) is 12.1 Å². The summed E-state index contributed by atoms with van der Waals surface area (Å²) in [6.45, 7) is 2.11. The number of ketones is 1. The van der Waals surface area contributed by atoms with Crippen molar-refractivity contribution < 1.29 is 18.7 Å². The van der Waals surface area contributed by atoms with Gasteiger partial charge >= 0.3 is 5.97 Å². The number of hydrogen-bond donors (Lipinski definition) is 0. The highest BCUT2D eigenvalue weighted by Crippen LogP contribution is 2.37. The lowest BCUT2D eigenvalue weighted by Crippen LogP contribution is -2.28. The van der Waals surface area contributed by atoms with Crippen molar-refractivity contribution >= 4 is 11.8 Å². The summed E-state index contributed by atoms with van der Waals surface area (Å²) in [6, 6.07) is 6.00. The van der Waals surface area contributed by atoms with Gasteiger partial charge in [-0.3, -0.25) is 9.59 Å². The van der Waals surface area contributed by atoms with Crippen LogP contribution in [-0.4, -0.2) is 18.4 Å². The number of benzene rings is 1. The zero-order chi connectivity index (χ0) is 14.5. The Morgan fingerprint density at radius 1 is 1.35 bits per heavy atom. The molecule has 1 saturated carbocycles. The molecule has 1 aliphatic rings. The van der Waals surface area contributed by atoms with Crippen LogP contribution in [0.4, 0.5) is 4.39 Å². The number of halogens is 1. The first-order valence-corrected chi connectivity index (χ1v) is 7.05. The van der Waals surface area contributed by atoms with E-state index in [2.05, 4.69) is 0 Å². The van der Waals surface area contributed by atoms with Gasteiger partial charge in [0.05, 0.1) is 6.61 Å². The zero-order valence-corrected chi connectivity index (χ0v) is 11.6. The fraction of sp³-hybridized carbons (Fsp3) is 0.500. The van der Waals surface area contributed by atoms with Crippen molar-refractivity contribution in [1.29, 1.82) is 0 Å². The number of rotatable bonds is 4. The maximum atomic E-state index is 13.0. The van der Waals surface area contributed by atoms with Gasteiger partial charge in [0.25, 0.3) is 0 Å². The van der Waals surface area contributed by atoms with Gasteiger partial charge in [0.1, 0.15) is 11.6 Å². The molecule has 2 atom stereocenters. The molecular formula is C16H19FO3. The van der Waals surface area contributed by atoms with Gasteiger partial charge in [-0.05, 0) is 43.4 Å². The molecule has 1 aliphatic carbocycles. The average Bonchev–Trinajstić information content (AvgIpc) is 2.41. The molecule has 0 N–H and O–H groups in total. The fourth-order valence-corrected chi connectivity index (χ4v) is 2.91. The summed E-state index contributed by atoms with van der Waals surface area (Å²) < 4.78 is 18.0. The summed E-state index contributed by atoms with van der Waals surface area (Å²) in [5.41, 5.74) is 0.797. The predicted molar refractivity (Wildman–Crippen MR) is 72.7 cm³/mol. The highest BCUT2D eigenvalue weighted by Gasteiger charge is 2.34. The largest absolute Gasteiger partial charge is 0.466 e. The molecule has 108 valence electrons. The fourth-order valence-electron chi connectivity index (χ4n) is 2.91. The summed E-state index contributed by atoms with van der Waals surface area (Å²) in [7, 11) is 0. The van der Waals surface area contributed by atoms with Crippen molar-refractivity contribution in [2.75, 3.05) is 6.61 Å². The molecule has 3 nitrogen and oxygen atoms in total. The Morgan fingerprint density at radius 2 is 2.05 bits per heavy atom. The highest BCUT2D eigenvalue weighted by molar-refractivity contribution is 5.87. The van der Waals surface area contributed by atoms with Gasteiger partial charge in [0.15, 0.2) is 0 Å². The van der Waals surface area contributed by atoms with Crippen LogP contribution in [0.15, 0.2) is 24.3 Å². The Balaban J connectivity index is 2.17. The molecule has 1 aromatic rings. The lowest BCUT2D eigenvalue weighted by atomic mass is 9.73. The van der Waals surface area contributed by atoms with Crippen molar-refractivity contribution in [3.8, 4) is 0 Å². The minimum absolute atomic E-state index is 0.0410. The van der Waals surface area contributed by atoms with Crippen molar-refractivity contribution in [2.24, 2.45) is 5.92 Å². The Labute approximate surface area is 118 Å². The van der Waals surface area contributed by atoms with Crippen LogP contribution in [0.5, 0.6) is 0 Å². The molecular weight excluding hydrogens is 259 g/mol. The van der Waals surface area contributed by atoms with Gasteiger partial charge in [-0.15, -0.1) is 0 Å². The number of ether oxygens (including phenoxy) is 1. The topological polar surface area (TPSA) is 43.4 Å². The number of hydrogen-bond acceptors (Lipinski definition) is 3. The molecule has 2 rings (SSSR count). The van der Waals surface area contributed by atoms with E-state index in [0.29, 0.717) is 13.0 Å². The molecule has 0 aliphatic heterocycles. The van der Waals surface area contributed by atoms with Crippen LogP contribution in [0.3, 0.4) is 0 Å². The molecule has 1 aromatic carbocycles. The van der Waals surface area contributed by atoms with Crippen LogP contribution in [0.2, 0.25) is 0 Å². The molecule has 0 saturated heterocycles. The standard InChI is InChI=1S/C16H19FO3/c1-2-20-15(19)10-12-4-3-5-14(18)16(12)11-6-8-13(17)9-7-11/h6-9,12,16H,2-5,10H2,1H3/t12-,16-/m1/s1. The second kappa shape index (κ2) is 6.64. The van der Waals surface area contributed by atoms with Crippen LogP contribution < -0.4 is 0 Å². The minimum atomic E-state index is -0.320. The predicted octanol–water partition coefficient (Wildman–Crippen LogP) is 3.23.